The summed E-state index contributed by atoms with van der Waals surface area (Å²) in [4.78, 5) is 49.6. The van der Waals surface area contributed by atoms with Crippen molar-refractivity contribution in [3.8, 4) is 0 Å². The summed E-state index contributed by atoms with van der Waals surface area (Å²) in [5.41, 5.74) is -1.44. The molecule has 3 N–H and O–H groups in total. The van der Waals surface area contributed by atoms with Gasteiger partial charge in [0.2, 0.25) is 0 Å². The third-order valence-electron chi connectivity index (χ3n) is 2.86. The second-order valence-electron chi connectivity index (χ2n) is 4.57. The summed E-state index contributed by atoms with van der Waals surface area (Å²) in [5.74, 6) is -1.62. The fourth-order valence-electron chi connectivity index (χ4n) is 1.68. The van der Waals surface area contributed by atoms with Crippen LogP contribution >= 0.6 is 23.2 Å². The predicted molar refractivity (Wildman–Crippen MR) is 86.3 cm³/mol. The van der Waals surface area contributed by atoms with E-state index in [1.165, 1.54) is 6.07 Å². The van der Waals surface area contributed by atoms with Crippen molar-refractivity contribution in [2.75, 3.05) is 6.61 Å². The SMILES string of the molecule is O=C(COC(=O)c1c[nH]c(=O)[nH]c1=O)NCc1ccc(Cl)cc1Cl. The van der Waals surface area contributed by atoms with Crippen molar-refractivity contribution in [2.45, 2.75) is 6.54 Å². The maximum Gasteiger partial charge on any atom is 0.345 e. The summed E-state index contributed by atoms with van der Waals surface area (Å²) in [6.07, 6.45) is 0.912. The third kappa shape index (κ3) is 4.71. The molecule has 24 heavy (non-hydrogen) atoms. The van der Waals surface area contributed by atoms with E-state index in [0.717, 1.165) is 6.20 Å². The Morgan fingerprint density at radius 3 is 2.62 bits per heavy atom. The lowest BCUT2D eigenvalue weighted by molar-refractivity contribution is -0.124. The summed E-state index contributed by atoms with van der Waals surface area (Å²) >= 11 is 11.7. The minimum absolute atomic E-state index is 0.117. The van der Waals surface area contributed by atoms with E-state index >= 15 is 0 Å². The zero-order valence-electron chi connectivity index (χ0n) is 12.0. The highest BCUT2D eigenvalue weighted by molar-refractivity contribution is 6.35. The molecule has 1 amide bonds. The average Bonchev–Trinajstić information content (AvgIpc) is 2.51. The number of nitrogens with one attached hydrogen (secondary N) is 3. The topological polar surface area (TPSA) is 121 Å². The number of hydrogen-bond donors (Lipinski definition) is 3. The van der Waals surface area contributed by atoms with Gasteiger partial charge in [-0.1, -0.05) is 29.3 Å². The fraction of sp³-hybridized carbons (Fsp3) is 0.143. The van der Waals surface area contributed by atoms with E-state index in [1.807, 2.05) is 4.98 Å². The maximum absolute atomic E-state index is 11.7. The van der Waals surface area contributed by atoms with Crippen LogP contribution in [0, 0.1) is 0 Å². The number of aromatic nitrogens is 2. The van der Waals surface area contributed by atoms with Crippen molar-refractivity contribution in [2.24, 2.45) is 0 Å². The van der Waals surface area contributed by atoms with Gasteiger partial charge in [0.05, 0.1) is 0 Å². The molecule has 0 aliphatic carbocycles. The van der Waals surface area contributed by atoms with Crippen molar-refractivity contribution in [1.82, 2.24) is 15.3 Å². The van der Waals surface area contributed by atoms with Gasteiger partial charge in [-0.2, -0.15) is 0 Å². The molecule has 126 valence electrons. The van der Waals surface area contributed by atoms with Gasteiger partial charge in [0, 0.05) is 22.8 Å². The Bertz CT molecular complexity index is 890. The van der Waals surface area contributed by atoms with Gasteiger partial charge < -0.3 is 15.0 Å². The van der Waals surface area contributed by atoms with Crippen LogP contribution in [0.25, 0.3) is 0 Å². The van der Waals surface area contributed by atoms with Gasteiger partial charge in [-0.05, 0) is 17.7 Å². The van der Waals surface area contributed by atoms with E-state index in [9.17, 15) is 19.2 Å². The molecule has 0 bridgehead atoms. The van der Waals surface area contributed by atoms with Crippen LogP contribution in [0.3, 0.4) is 0 Å². The molecule has 0 unspecified atom stereocenters. The van der Waals surface area contributed by atoms with Crippen LogP contribution in [0.2, 0.25) is 10.0 Å². The molecule has 0 aliphatic rings. The van der Waals surface area contributed by atoms with E-state index < -0.39 is 35.3 Å². The van der Waals surface area contributed by atoms with Crippen molar-refractivity contribution < 1.29 is 14.3 Å². The molecule has 0 fully saturated rings. The number of carbonyl (C=O) groups excluding carboxylic acids is 2. The monoisotopic (exact) mass is 371 g/mol. The van der Waals surface area contributed by atoms with Gasteiger partial charge in [0.15, 0.2) is 6.61 Å². The number of carbonyl (C=O) groups is 2. The van der Waals surface area contributed by atoms with E-state index in [1.54, 1.807) is 12.1 Å². The van der Waals surface area contributed by atoms with Gasteiger partial charge in [-0.15, -0.1) is 0 Å². The average molecular weight is 372 g/mol. The minimum atomic E-state index is -1.04. The summed E-state index contributed by atoms with van der Waals surface area (Å²) in [5, 5.41) is 3.36. The van der Waals surface area contributed by atoms with Crippen molar-refractivity contribution >= 4 is 35.1 Å². The zero-order valence-corrected chi connectivity index (χ0v) is 13.5. The number of halogens is 2. The molecule has 0 aliphatic heterocycles. The number of ether oxygens (including phenoxy) is 1. The molecule has 2 rings (SSSR count). The highest BCUT2D eigenvalue weighted by atomic mass is 35.5. The Kier molecular flexibility index (Phi) is 5.78. The summed E-state index contributed by atoms with van der Waals surface area (Å²) in [6.45, 7) is -0.478. The molecule has 2 aromatic rings. The van der Waals surface area contributed by atoms with E-state index in [2.05, 4.69) is 10.3 Å². The van der Waals surface area contributed by atoms with E-state index in [0.29, 0.717) is 15.6 Å². The standard InChI is InChI=1S/C14H11Cl2N3O5/c15-8-2-1-7(10(16)3-8)4-17-11(20)6-24-13(22)9-5-18-14(23)19-12(9)21/h1-3,5H,4,6H2,(H,17,20)(H2,18,19,21,23). The number of rotatable bonds is 5. The van der Waals surface area contributed by atoms with Gasteiger partial charge >= 0.3 is 11.7 Å². The number of esters is 1. The first-order valence-electron chi connectivity index (χ1n) is 6.56. The summed E-state index contributed by atoms with van der Waals surface area (Å²) in [6, 6.07) is 4.81. The predicted octanol–water partition coefficient (Wildman–Crippen LogP) is 0.843. The number of benzene rings is 1. The van der Waals surface area contributed by atoms with Crippen LogP contribution < -0.4 is 16.6 Å². The number of amides is 1. The molecule has 1 heterocycles. The lowest BCUT2D eigenvalue weighted by Gasteiger charge is -2.08. The number of H-pyrrole nitrogens is 2. The lowest BCUT2D eigenvalue weighted by Crippen LogP contribution is -2.31. The molecule has 1 aromatic carbocycles. The van der Waals surface area contributed by atoms with Crippen LogP contribution in [0.1, 0.15) is 15.9 Å². The second-order valence-corrected chi connectivity index (χ2v) is 5.42. The number of aromatic amines is 2. The molecule has 10 heteroatoms. The zero-order chi connectivity index (χ0) is 17.7. The molecule has 8 nitrogen and oxygen atoms in total. The maximum atomic E-state index is 11.7. The molecule has 1 aromatic heterocycles. The molecule has 0 saturated carbocycles. The van der Waals surface area contributed by atoms with Crippen molar-refractivity contribution in [3.05, 3.63) is 66.4 Å². The quantitative estimate of drug-likeness (QED) is 0.672. The summed E-state index contributed by atoms with van der Waals surface area (Å²) < 4.78 is 4.70. The molecule has 0 radical (unpaired) electrons. The van der Waals surface area contributed by atoms with Crippen LogP contribution in [0.5, 0.6) is 0 Å². The summed E-state index contributed by atoms with van der Waals surface area (Å²) in [7, 11) is 0. The first-order chi connectivity index (χ1) is 11.4. The van der Waals surface area contributed by atoms with Crippen LogP contribution in [-0.4, -0.2) is 28.5 Å². The van der Waals surface area contributed by atoms with Crippen molar-refractivity contribution in [3.63, 3.8) is 0 Å². The first-order valence-corrected chi connectivity index (χ1v) is 7.32. The van der Waals surface area contributed by atoms with Crippen molar-refractivity contribution in [1.29, 1.82) is 0 Å². The normalized spacial score (nSPS) is 10.2. The first kappa shape index (κ1) is 17.8. The van der Waals surface area contributed by atoms with Gasteiger partial charge in [0.25, 0.3) is 11.5 Å². The fourth-order valence-corrected chi connectivity index (χ4v) is 2.16. The van der Waals surface area contributed by atoms with Crippen LogP contribution in [0.4, 0.5) is 0 Å². The molecular weight excluding hydrogens is 361 g/mol. The third-order valence-corrected chi connectivity index (χ3v) is 3.45. The molecule has 0 saturated heterocycles. The smallest absolute Gasteiger partial charge is 0.345 e. The van der Waals surface area contributed by atoms with Gasteiger partial charge in [-0.25, -0.2) is 9.59 Å². The van der Waals surface area contributed by atoms with Crippen LogP contribution in [0.15, 0.2) is 34.0 Å². The highest BCUT2D eigenvalue weighted by Crippen LogP contribution is 2.20. The second kappa shape index (κ2) is 7.80. The minimum Gasteiger partial charge on any atom is -0.452 e. The lowest BCUT2D eigenvalue weighted by atomic mass is 10.2. The highest BCUT2D eigenvalue weighted by Gasteiger charge is 2.14. The Morgan fingerprint density at radius 2 is 1.96 bits per heavy atom. The molecular formula is C14H11Cl2N3O5. The van der Waals surface area contributed by atoms with Gasteiger partial charge in [-0.3, -0.25) is 14.6 Å². The van der Waals surface area contributed by atoms with Gasteiger partial charge in [0.1, 0.15) is 5.56 Å². The Labute approximate surface area is 144 Å². The Hall–Kier alpha value is -2.58. The Morgan fingerprint density at radius 1 is 1.21 bits per heavy atom. The molecule has 0 atom stereocenters. The van der Waals surface area contributed by atoms with E-state index in [4.69, 9.17) is 27.9 Å². The van der Waals surface area contributed by atoms with E-state index in [-0.39, 0.29) is 6.54 Å². The Balaban J connectivity index is 1.87. The van der Waals surface area contributed by atoms with Crippen LogP contribution in [-0.2, 0) is 16.1 Å². The largest absolute Gasteiger partial charge is 0.452 e. The molecule has 0 spiro atoms. The number of hydrogen-bond acceptors (Lipinski definition) is 5.